The number of aliphatic hydroxyl groups excluding tert-OH is 4. The number of rotatable bonds is 5. The standard InChI is InChI=1S/C7H6O2.2C4H10O.2C3H8O.C2H4O2.2Ti/c8-7(9)6-4-2-1-3-5-6;2*1-2-3-4-5;2*1-3(2)4;1-2(3)4;;/h1-5H,(H,8,9);2*5H,2-4H2,1H3;2*3-4H,1-2H3;1H3,(H,3,4);;/q;;;;;;2*+2/p-2. The van der Waals surface area contributed by atoms with E-state index < -0.39 is 11.9 Å². The molecule has 0 radical (unpaired) electrons. The number of aromatic carboxylic acids is 1. The van der Waals surface area contributed by atoms with Gasteiger partial charge < -0.3 is 40.2 Å². The number of aliphatic carboxylic acids is 1. The van der Waals surface area contributed by atoms with Crippen molar-refractivity contribution >= 4 is 11.9 Å². The van der Waals surface area contributed by atoms with E-state index in [1.54, 1.807) is 45.9 Å². The Hall–Kier alpha value is -0.571. The van der Waals surface area contributed by atoms with Crippen molar-refractivity contribution < 1.29 is 83.7 Å². The smallest absolute Gasteiger partial charge is 0.550 e. The molecule has 0 heterocycles. The van der Waals surface area contributed by atoms with Gasteiger partial charge in [0.05, 0.1) is 5.97 Å². The first-order chi connectivity index (χ1) is 14.3. The molecule has 8 nitrogen and oxygen atoms in total. The van der Waals surface area contributed by atoms with Crippen LogP contribution in [0.25, 0.3) is 0 Å². The van der Waals surface area contributed by atoms with E-state index >= 15 is 0 Å². The Morgan fingerprint density at radius 1 is 0.788 bits per heavy atom. The maximum Gasteiger partial charge on any atom is 2.00 e. The van der Waals surface area contributed by atoms with Crippen LogP contribution in [-0.2, 0) is 48.2 Å². The average molecular weight is 544 g/mol. The van der Waals surface area contributed by atoms with E-state index in [0.29, 0.717) is 13.2 Å². The zero-order chi connectivity index (χ0) is 25.7. The molecule has 0 spiro atoms. The monoisotopic (exact) mass is 544 g/mol. The molecule has 0 aliphatic heterocycles. The van der Waals surface area contributed by atoms with Crippen molar-refractivity contribution in [1.82, 2.24) is 0 Å². The molecule has 4 N–H and O–H groups in total. The Kier molecular flexibility index (Phi) is 67.6. The zero-order valence-electron chi connectivity index (χ0n) is 21.2. The minimum Gasteiger partial charge on any atom is -0.550 e. The number of hydrogen-bond donors (Lipinski definition) is 4. The fraction of sp³-hybridized carbons (Fsp3) is 0.652. The number of carboxylic acids is 2. The number of carbonyl (C=O) groups excluding carboxylic acids is 2. The predicted molar refractivity (Wildman–Crippen MR) is 120 cm³/mol. The third-order valence-electron chi connectivity index (χ3n) is 2.03. The van der Waals surface area contributed by atoms with Crippen molar-refractivity contribution in [2.24, 2.45) is 0 Å². The second kappa shape index (κ2) is 45.0. The van der Waals surface area contributed by atoms with E-state index in [4.69, 9.17) is 30.3 Å². The normalized spacial score (nSPS) is 7.91. The SMILES string of the molecule is CC(=O)[O-].CC(C)O.CC(C)O.CCCCO.CCCCO.O=C([O-])c1ccccc1.[Ti+2].[Ti+2]. The van der Waals surface area contributed by atoms with Gasteiger partial charge in [-0.15, -0.1) is 0 Å². The van der Waals surface area contributed by atoms with Crippen molar-refractivity contribution in [3.63, 3.8) is 0 Å². The van der Waals surface area contributed by atoms with Gasteiger partial charge in [-0.25, -0.2) is 0 Å². The number of benzene rings is 1. The summed E-state index contributed by atoms with van der Waals surface area (Å²) in [5, 5.41) is 51.2. The van der Waals surface area contributed by atoms with Crippen molar-refractivity contribution in [2.75, 3.05) is 13.2 Å². The molecule has 0 aliphatic rings. The van der Waals surface area contributed by atoms with E-state index in [9.17, 15) is 9.90 Å². The van der Waals surface area contributed by atoms with Gasteiger partial charge in [0.2, 0.25) is 0 Å². The van der Waals surface area contributed by atoms with Crippen molar-refractivity contribution in [1.29, 1.82) is 0 Å². The number of carboxylic acid groups (broad SMARTS) is 2. The molecule has 1 aromatic carbocycles. The number of carbonyl (C=O) groups is 2. The molecule has 10 heteroatoms. The first kappa shape index (κ1) is 49.5. The minimum atomic E-state index is -1.13. The summed E-state index contributed by atoms with van der Waals surface area (Å²) in [4.78, 5) is 19.0. The fourth-order valence-corrected chi connectivity index (χ4v) is 0.890. The summed E-state index contributed by atoms with van der Waals surface area (Å²) in [6.45, 7) is 12.7. The summed E-state index contributed by atoms with van der Waals surface area (Å²) in [6.07, 6.45) is 3.74. The van der Waals surface area contributed by atoms with Gasteiger partial charge in [0, 0.05) is 31.4 Å². The molecule has 0 aromatic heterocycles. The van der Waals surface area contributed by atoms with Crippen LogP contribution in [0.3, 0.4) is 0 Å². The van der Waals surface area contributed by atoms with Crippen LogP contribution in [0, 0.1) is 0 Å². The molecule has 0 saturated carbocycles. The Balaban J connectivity index is -0.0000000505. The minimum absolute atomic E-state index is 0. The van der Waals surface area contributed by atoms with E-state index in [1.807, 2.05) is 0 Å². The van der Waals surface area contributed by atoms with Crippen LogP contribution in [0.1, 0.15) is 84.5 Å². The second-order valence-corrected chi connectivity index (χ2v) is 6.49. The maximum atomic E-state index is 10.1. The van der Waals surface area contributed by atoms with E-state index in [-0.39, 0.29) is 61.2 Å². The Bertz CT molecular complexity index is 434. The summed E-state index contributed by atoms with van der Waals surface area (Å²) < 4.78 is 0. The Morgan fingerprint density at radius 2 is 1.03 bits per heavy atom. The number of unbranched alkanes of at least 4 members (excludes halogenated alkanes) is 2. The number of hydrogen-bond acceptors (Lipinski definition) is 8. The zero-order valence-corrected chi connectivity index (χ0v) is 24.3. The molecular formula is C23H44O8Ti2+2. The summed E-state index contributed by atoms with van der Waals surface area (Å²) in [7, 11) is 0. The van der Waals surface area contributed by atoms with Crippen molar-refractivity contribution in [3.8, 4) is 0 Å². The van der Waals surface area contributed by atoms with Crippen LogP contribution in [0.4, 0.5) is 0 Å². The van der Waals surface area contributed by atoms with Gasteiger partial charge in [0.15, 0.2) is 0 Å². The van der Waals surface area contributed by atoms with Gasteiger partial charge >= 0.3 is 43.4 Å². The largest absolute Gasteiger partial charge is 2.00 e. The van der Waals surface area contributed by atoms with Gasteiger partial charge in [-0.3, -0.25) is 0 Å². The molecule has 33 heavy (non-hydrogen) atoms. The summed E-state index contributed by atoms with van der Waals surface area (Å²) >= 11 is 0. The average Bonchev–Trinajstić information content (AvgIpc) is 2.63. The quantitative estimate of drug-likeness (QED) is 0.402. The molecule has 0 saturated heterocycles. The van der Waals surface area contributed by atoms with Gasteiger partial charge in [-0.2, -0.15) is 0 Å². The molecule has 1 rings (SSSR count). The molecule has 190 valence electrons. The molecule has 0 aliphatic carbocycles. The molecule has 0 amide bonds. The van der Waals surface area contributed by atoms with Gasteiger partial charge in [0.25, 0.3) is 0 Å². The van der Waals surface area contributed by atoms with Crippen LogP contribution < -0.4 is 10.2 Å². The fourth-order valence-electron chi connectivity index (χ4n) is 0.890. The molecule has 0 unspecified atom stereocenters. The second-order valence-electron chi connectivity index (χ2n) is 6.49. The van der Waals surface area contributed by atoms with Crippen LogP contribution in [0.5, 0.6) is 0 Å². The Labute approximate surface area is 230 Å². The van der Waals surface area contributed by atoms with Gasteiger partial charge in [-0.05, 0) is 53.0 Å². The molecule has 0 atom stereocenters. The van der Waals surface area contributed by atoms with E-state index in [1.165, 1.54) is 12.1 Å². The molecule has 0 fully saturated rings. The van der Waals surface area contributed by atoms with Gasteiger partial charge in [-0.1, -0.05) is 57.0 Å². The summed E-state index contributed by atoms with van der Waals surface area (Å²) in [6, 6.07) is 8.06. The Morgan fingerprint density at radius 3 is 1.12 bits per heavy atom. The van der Waals surface area contributed by atoms with E-state index in [2.05, 4.69) is 13.8 Å². The molecule has 0 bridgehead atoms. The van der Waals surface area contributed by atoms with E-state index in [0.717, 1.165) is 32.6 Å². The van der Waals surface area contributed by atoms with Crippen LogP contribution in [0.15, 0.2) is 30.3 Å². The first-order valence-electron chi connectivity index (χ1n) is 10.3. The van der Waals surface area contributed by atoms with Crippen LogP contribution >= 0.6 is 0 Å². The van der Waals surface area contributed by atoms with Crippen LogP contribution in [-0.4, -0.2) is 57.8 Å². The summed E-state index contributed by atoms with van der Waals surface area (Å²) in [5.74, 6) is -2.21. The summed E-state index contributed by atoms with van der Waals surface area (Å²) in [5.41, 5.74) is 0.220. The maximum absolute atomic E-state index is 10.1. The molecule has 1 aromatic rings. The first-order valence-corrected chi connectivity index (χ1v) is 10.3. The third-order valence-corrected chi connectivity index (χ3v) is 2.03. The van der Waals surface area contributed by atoms with Crippen molar-refractivity contribution in [3.05, 3.63) is 35.9 Å². The van der Waals surface area contributed by atoms with Gasteiger partial charge in [0.1, 0.15) is 0 Å². The van der Waals surface area contributed by atoms with Crippen LogP contribution in [0.2, 0.25) is 0 Å². The topological polar surface area (TPSA) is 161 Å². The molecular weight excluding hydrogens is 500 g/mol. The number of aliphatic hydroxyl groups is 4. The van der Waals surface area contributed by atoms with Crippen molar-refractivity contribution in [2.45, 2.75) is 86.4 Å². The predicted octanol–water partition coefficient (Wildman–Crippen LogP) is 1.13. The third kappa shape index (κ3) is 114.